The maximum atomic E-state index is 11.2. The zero-order valence-electron chi connectivity index (χ0n) is 8.89. The van der Waals surface area contributed by atoms with Crippen LogP contribution in [0.15, 0.2) is 0 Å². The zero-order valence-corrected chi connectivity index (χ0v) is 9.71. The van der Waals surface area contributed by atoms with E-state index in [1.54, 1.807) is 13.8 Å². The lowest BCUT2D eigenvalue weighted by atomic mass is 10.2. The van der Waals surface area contributed by atoms with Gasteiger partial charge in [0.25, 0.3) is 0 Å². The molecule has 0 fully saturated rings. The number of ether oxygens (including phenoxy) is 1. The van der Waals surface area contributed by atoms with Gasteiger partial charge < -0.3 is 9.84 Å². The van der Waals surface area contributed by atoms with Crippen LogP contribution in [0.25, 0.3) is 0 Å². The summed E-state index contributed by atoms with van der Waals surface area (Å²) in [5, 5.41) is 8.67. The average Bonchev–Trinajstić information content (AvgIpc) is 2.13. The highest BCUT2D eigenvalue weighted by molar-refractivity contribution is 7.90. The second-order valence-corrected chi connectivity index (χ2v) is 5.01. The third kappa shape index (κ3) is 7.29. The molecule has 0 amide bonds. The first kappa shape index (κ1) is 14.3. The van der Waals surface area contributed by atoms with Gasteiger partial charge in [0.15, 0.2) is 5.75 Å². The molecule has 0 heterocycles. The normalized spacial score (nSPS) is 13.5. The minimum absolute atomic E-state index is 0.109. The molecule has 15 heavy (non-hydrogen) atoms. The minimum atomic E-state index is -3.64. The molecule has 0 bridgehead atoms. The first-order chi connectivity index (χ1) is 6.91. The molecular weight excluding hydrogens is 222 g/mol. The highest BCUT2D eigenvalue weighted by Gasteiger charge is 2.17. The number of hydrogen-bond acceptors (Lipinski definition) is 5. The Morgan fingerprint density at radius 1 is 1.53 bits per heavy atom. The number of esters is 1. The summed E-state index contributed by atoms with van der Waals surface area (Å²) in [6.45, 7) is 3.44. The molecular formula is C8H17NO5S. The molecule has 1 atom stereocenters. The number of nitrogens with one attached hydrogen (secondary N) is 1. The van der Waals surface area contributed by atoms with Crippen molar-refractivity contribution in [3.63, 3.8) is 0 Å². The Morgan fingerprint density at radius 3 is 2.60 bits per heavy atom. The molecule has 0 aromatic carbocycles. The van der Waals surface area contributed by atoms with Gasteiger partial charge in [-0.3, -0.25) is 4.79 Å². The summed E-state index contributed by atoms with van der Waals surface area (Å²) in [5.41, 5.74) is 0. The molecule has 0 aliphatic rings. The maximum absolute atomic E-state index is 11.2. The topological polar surface area (TPSA) is 92.7 Å². The summed E-state index contributed by atoms with van der Waals surface area (Å²) >= 11 is 0. The van der Waals surface area contributed by atoms with E-state index in [4.69, 9.17) is 5.11 Å². The van der Waals surface area contributed by atoms with Crippen LogP contribution >= 0.6 is 0 Å². The molecule has 0 aliphatic carbocycles. The fourth-order valence-electron chi connectivity index (χ4n) is 0.743. The van der Waals surface area contributed by atoms with Crippen LogP contribution in [0.4, 0.5) is 0 Å². The summed E-state index contributed by atoms with van der Waals surface area (Å²) in [6, 6.07) is 0. The molecule has 0 rings (SSSR count). The number of carbonyl (C=O) groups excluding carboxylic acids is 1. The van der Waals surface area contributed by atoms with Crippen LogP contribution in [0.3, 0.4) is 0 Å². The number of aliphatic hydroxyl groups excluding tert-OH is 1. The summed E-state index contributed by atoms with van der Waals surface area (Å²) in [6.07, 6.45) is 0. The van der Waals surface area contributed by atoms with Crippen LogP contribution in [0.2, 0.25) is 0 Å². The quantitative estimate of drug-likeness (QED) is 0.561. The molecule has 7 heteroatoms. The molecule has 0 aromatic rings. The molecule has 1 unspecified atom stereocenters. The van der Waals surface area contributed by atoms with E-state index in [1.807, 2.05) is 0 Å². The van der Waals surface area contributed by atoms with Crippen molar-refractivity contribution in [3.05, 3.63) is 0 Å². The maximum Gasteiger partial charge on any atom is 0.322 e. The van der Waals surface area contributed by atoms with Gasteiger partial charge in [0.05, 0.1) is 6.61 Å². The van der Waals surface area contributed by atoms with Gasteiger partial charge in [-0.05, 0) is 12.8 Å². The molecule has 0 saturated carbocycles. The molecule has 6 nitrogen and oxygen atoms in total. The highest BCUT2D eigenvalue weighted by atomic mass is 32.2. The zero-order chi connectivity index (χ0) is 11.9. The summed E-state index contributed by atoms with van der Waals surface area (Å²) in [7, 11) is -3.64. The van der Waals surface area contributed by atoms with E-state index in [9.17, 15) is 13.2 Å². The van der Waals surface area contributed by atoms with Crippen LogP contribution in [0, 0.1) is 5.92 Å². The average molecular weight is 239 g/mol. The fraction of sp³-hybridized carbons (Fsp3) is 0.875. The number of hydrogen-bond donors (Lipinski definition) is 2. The number of carbonyl (C=O) groups is 1. The first-order valence-corrected chi connectivity index (χ1v) is 6.30. The van der Waals surface area contributed by atoms with E-state index in [1.165, 1.54) is 0 Å². The van der Waals surface area contributed by atoms with Gasteiger partial charge >= 0.3 is 5.97 Å². The van der Waals surface area contributed by atoms with E-state index in [0.717, 1.165) is 0 Å². The van der Waals surface area contributed by atoms with Gasteiger partial charge in [-0.1, -0.05) is 6.92 Å². The van der Waals surface area contributed by atoms with E-state index in [-0.39, 0.29) is 25.7 Å². The Balaban J connectivity index is 4.03. The Bertz CT molecular complexity index is 287. The van der Waals surface area contributed by atoms with Crippen LogP contribution < -0.4 is 4.72 Å². The highest BCUT2D eigenvalue weighted by Crippen LogP contribution is 1.93. The van der Waals surface area contributed by atoms with Crippen molar-refractivity contribution in [3.8, 4) is 0 Å². The second kappa shape index (κ2) is 6.76. The van der Waals surface area contributed by atoms with E-state index < -0.39 is 21.7 Å². The van der Waals surface area contributed by atoms with Crippen molar-refractivity contribution >= 4 is 16.0 Å². The number of aliphatic hydroxyl groups is 1. The van der Waals surface area contributed by atoms with Gasteiger partial charge in [-0.15, -0.1) is 0 Å². The second-order valence-electron chi connectivity index (χ2n) is 3.20. The van der Waals surface area contributed by atoms with Gasteiger partial charge in [0.1, 0.15) is 0 Å². The van der Waals surface area contributed by atoms with Gasteiger partial charge in [0.2, 0.25) is 10.0 Å². The summed E-state index contributed by atoms with van der Waals surface area (Å²) < 4.78 is 29.2. The van der Waals surface area contributed by atoms with Crippen molar-refractivity contribution in [1.29, 1.82) is 0 Å². The van der Waals surface area contributed by atoms with Crippen LogP contribution in [0.1, 0.15) is 13.8 Å². The summed E-state index contributed by atoms with van der Waals surface area (Å²) in [5.74, 6) is -1.64. The third-order valence-corrected chi connectivity index (χ3v) is 2.80. The predicted molar refractivity (Wildman–Crippen MR) is 54.7 cm³/mol. The van der Waals surface area contributed by atoms with E-state index in [2.05, 4.69) is 9.46 Å². The van der Waals surface area contributed by atoms with Crippen molar-refractivity contribution in [1.82, 2.24) is 4.72 Å². The van der Waals surface area contributed by atoms with E-state index in [0.29, 0.717) is 0 Å². The lowest BCUT2D eigenvalue weighted by Gasteiger charge is -2.09. The first-order valence-electron chi connectivity index (χ1n) is 4.65. The standard InChI is InChI=1S/C8H17NO5S/c1-3-14-8(11)6-15(12,13)9-4-7(2)5-10/h7,9-10H,3-6H2,1-2H3. The molecule has 0 spiro atoms. The van der Waals surface area contributed by atoms with Gasteiger partial charge in [-0.2, -0.15) is 0 Å². The van der Waals surface area contributed by atoms with Crippen LogP contribution in [-0.2, 0) is 19.6 Å². The van der Waals surface area contributed by atoms with E-state index >= 15 is 0 Å². The minimum Gasteiger partial charge on any atom is -0.465 e. The monoisotopic (exact) mass is 239 g/mol. The van der Waals surface area contributed by atoms with Crippen LogP contribution in [0.5, 0.6) is 0 Å². The largest absolute Gasteiger partial charge is 0.465 e. The fourth-order valence-corrected chi connectivity index (χ4v) is 1.78. The van der Waals surface area contributed by atoms with Crippen molar-refractivity contribution in [2.45, 2.75) is 13.8 Å². The molecule has 0 saturated heterocycles. The molecule has 0 aliphatic heterocycles. The van der Waals surface area contributed by atoms with Crippen LogP contribution in [-0.4, -0.2) is 45.0 Å². The summed E-state index contributed by atoms with van der Waals surface area (Å²) in [4.78, 5) is 10.9. The van der Waals surface area contributed by atoms with Gasteiger partial charge in [-0.25, -0.2) is 13.1 Å². The molecule has 2 N–H and O–H groups in total. The Hall–Kier alpha value is -0.660. The lowest BCUT2D eigenvalue weighted by Crippen LogP contribution is -2.34. The predicted octanol–water partition coefficient (Wildman–Crippen LogP) is -0.903. The Labute approximate surface area is 89.7 Å². The molecule has 90 valence electrons. The third-order valence-electron chi connectivity index (χ3n) is 1.58. The molecule has 0 radical (unpaired) electrons. The number of rotatable bonds is 7. The van der Waals surface area contributed by atoms with Gasteiger partial charge in [0, 0.05) is 13.2 Å². The smallest absolute Gasteiger partial charge is 0.322 e. The Kier molecular flexibility index (Phi) is 6.46. The van der Waals surface area contributed by atoms with Crippen molar-refractivity contribution < 1.29 is 23.1 Å². The Morgan fingerprint density at radius 2 is 2.13 bits per heavy atom. The van der Waals surface area contributed by atoms with Crippen molar-refractivity contribution in [2.24, 2.45) is 5.92 Å². The van der Waals surface area contributed by atoms with Crippen molar-refractivity contribution in [2.75, 3.05) is 25.5 Å². The lowest BCUT2D eigenvalue weighted by molar-refractivity contribution is -0.139. The molecule has 0 aromatic heterocycles. The number of sulfonamides is 1. The SMILES string of the molecule is CCOC(=O)CS(=O)(=O)NCC(C)CO.